The number of nitrogens with one attached hydrogen (secondary N) is 2. The number of aryl methyl sites for hydroxylation is 1. The Bertz CT molecular complexity index is 1530. The van der Waals surface area contributed by atoms with Crippen molar-refractivity contribution >= 4 is 22.9 Å². The summed E-state index contributed by atoms with van der Waals surface area (Å²) in [6.45, 7) is 6.40. The fourth-order valence-electron chi connectivity index (χ4n) is 5.59. The maximum absolute atomic E-state index is 14.8. The molecular formula is C26H31F3N10O. The summed E-state index contributed by atoms with van der Waals surface area (Å²) in [5, 5.41) is 10.7. The van der Waals surface area contributed by atoms with Crippen molar-refractivity contribution in [1.82, 2.24) is 39.6 Å². The first-order valence-electron chi connectivity index (χ1n) is 13.4. The molecule has 0 saturated carbocycles. The quantitative estimate of drug-likeness (QED) is 0.381. The van der Waals surface area contributed by atoms with Crippen molar-refractivity contribution in [3.63, 3.8) is 0 Å². The Morgan fingerprint density at radius 1 is 1.15 bits per heavy atom. The highest BCUT2D eigenvalue weighted by molar-refractivity contribution is 5.77. The molecule has 0 aromatic carbocycles. The van der Waals surface area contributed by atoms with Crippen LogP contribution in [0.5, 0.6) is 0 Å². The van der Waals surface area contributed by atoms with E-state index in [0.717, 1.165) is 0 Å². The molecule has 6 rings (SSSR count). The molecule has 0 amide bonds. The molecule has 4 aromatic rings. The second-order valence-corrected chi connectivity index (χ2v) is 10.1. The van der Waals surface area contributed by atoms with Gasteiger partial charge in [0.25, 0.3) is 0 Å². The van der Waals surface area contributed by atoms with Crippen molar-refractivity contribution in [1.29, 1.82) is 0 Å². The number of piperidine rings is 1. The summed E-state index contributed by atoms with van der Waals surface area (Å²) in [6.07, 6.45) is -1.88. The number of ether oxygens (including phenoxy) is 1. The third-order valence-corrected chi connectivity index (χ3v) is 7.48. The number of alkyl halides is 3. The fourth-order valence-corrected chi connectivity index (χ4v) is 5.59. The van der Waals surface area contributed by atoms with E-state index in [2.05, 4.69) is 25.7 Å². The first kappa shape index (κ1) is 26.4. The number of hydrogen-bond acceptors (Lipinski definition) is 9. The lowest BCUT2D eigenvalue weighted by Crippen LogP contribution is -2.44. The second kappa shape index (κ2) is 10.3. The standard InChI is InChI=1S/C26H31F3N10O/c1-15-14-40-12-11-37(15)20-13-18(33-25(34-20)38-19-5-4-8-32-23(19)35-24(38)30-3)21-16(2)36-39(22(21)26(27,28)29)17-6-9-31-10-7-17/h4-5,8,13,15,17,31H,6-7,9-12,14H2,1-3H3,(H,30,32,35)/t15-/m1/s1. The summed E-state index contributed by atoms with van der Waals surface area (Å²) in [5.74, 6) is 1.11. The van der Waals surface area contributed by atoms with E-state index < -0.39 is 11.9 Å². The summed E-state index contributed by atoms with van der Waals surface area (Å²) >= 11 is 0. The topological polar surface area (TPSA) is 111 Å². The molecule has 0 radical (unpaired) electrons. The number of nitrogens with zero attached hydrogens (tertiary/aromatic N) is 8. The van der Waals surface area contributed by atoms with Crippen LogP contribution in [0.4, 0.5) is 24.9 Å². The van der Waals surface area contributed by atoms with Crippen LogP contribution in [-0.4, -0.2) is 80.2 Å². The SMILES string of the molecule is CNc1nc2ncccc2n1-c1nc(-c2c(C)nn(C3CCNCC3)c2C(F)(F)F)cc(N2CCOC[C@H]2C)n1. The number of halogens is 3. The molecule has 0 unspecified atom stereocenters. The van der Waals surface area contributed by atoms with Crippen LogP contribution >= 0.6 is 0 Å². The average Bonchev–Trinajstić information content (AvgIpc) is 3.51. The third kappa shape index (κ3) is 4.64. The Morgan fingerprint density at radius 3 is 2.67 bits per heavy atom. The van der Waals surface area contributed by atoms with Gasteiger partial charge < -0.3 is 20.3 Å². The first-order chi connectivity index (χ1) is 19.3. The van der Waals surface area contributed by atoms with E-state index in [9.17, 15) is 13.2 Å². The van der Waals surface area contributed by atoms with E-state index >= 15 is 0 Å². The number of imidazole rings is 1. The highest BCUT2D eigenvalue weighted by Crippen LogP contribution is 2.42. The molecule has 40 heavy (non-hydrogen) atoms. The first-order valence-corrected chi connectivity index (χ1v) is 13.4. The van der Waals surface area contributed by atoms with Crippen LogP contribution in [0.3, 0.4) is 0 Å². The predicted octanol–water partition coefficient (Wildman–Crippen LogP) is 3.59. The Hall–Kier alpha value is -3.78. The Balaban J connectivity index is 1.60. The summed E-state index contributed by atoms with van der Waals surface area (Å²) in [5.41, 5.74) is 0.689. The lowest BCUT2D eigenvalue weighted by atomic mass is 10.0. The van der Waals surface area contributed by atoms with Gasteiger partial charge in [-0.15, -0.1) is 0 Å². The van der Waals surface area contributed by atoms with Gasteiger partial charge in [0, 0.05) is 25.9 Å². The van der Waals surface area contributed by atoms with Gasteiger partial charge in [0.2, 0.25) is 11.9 Å². The van der Waals surface area contributed by atoms with Crippen LogP contribution in [-0.2, 0) is 10.9 Å². The van der Waals surface area contributed by atoms with Gasteiger partial charge in [-0.1, -0.05) is 0 Å². The normalized spacial score (nSPS) is 18.9. The number of pyridine rings is 1. The lowest BCUT2D eigenvalue weighted by molar-refractivity contribution is -0.144. The largest absolute Gasteiger partial charge is 0.433 e. The molecule has 2 saturated heterocycles. The fraction of sp³-hybridized carbons (Fsp3) is 0.500. The molecule has 11 nitrogen and oxygen atoms in total. The van der Waals surface area contributed by atoms with Gasteiger partial charge in [0.15, 0.2) is 11.3 Å². The third-order valence-electron chi connectivity index (χ3n) is 7.48. The molecule has 0 spiro atoms. The predicted molar refractivity (Wildman–Crippen MR) is 144 cm³/mol. The van der Waals surface area contributed by atoms with Crippen molar-refractivity contribution in [2.45, 2.75) is 44.9 Å². The molecule has 2 N–H and O–H groups in total. The zero-order valence-corrected chi connectivity index (χ0v) is 22.5. The van der Waals surface area contributed by atoms with Gasteiger partial charge in [-0.3, -0.25) is 4.68 Å². The van der Waals surface area contributed by atoms with Gasteiger partial charge >= 0.3 is 6.18 Å². The molecule has 2 aliphatic heterocycles. The highest BCUT2D eigenvalue weighted by Gasteiger charge is 2.42. The van der Waals surface area contributed by atoms with Crippen molar-refractivity contribution in [3.8, 4) is 17.2 Å². The van der Waals surface area contributed by atoms with Gasteiger partial charge in [-0.2, -0.15) is 28.2 Å². The summed E-state index contributed by atoms with van der Waals surface area (Å²) in [7, 11) is 1.71. The van der Waals surface area contributed by atoms with Crippen LogP contribution in [0.2, 0.25) is 0 Å². The van der Waals surface area contributed by atoms with E-state index in [0.29, 0.717) is 68.6 Å². The van der Waals surface area contributed by atoms with Gasteiger partial charge in [0.1, 0.15) is 5.82 Å². The second-order valence-electron chi connectivity index (χ2n) is 10.1. The van der Waals surface area contributed by atoms with Crippen LogP contribution in [0, 0.1) is 6.92 Å². The minimum Gasteiger partial charge on any atom is -0.377 e. The van der Waals surface area contributed by atoms with E-state index in [1.165, 1.54) is 4.68 Å². The number of aromatic nitrogens is 7. The van der Waals surface area contributed by atoms with Gasteiger partial charge in [-0.05, 0) is 51.9 Å². The van der Waals surface area contributed by atoms with Crippen molar-refractivity contribution < 1.29 is 17.9 Å². The number of rotatable bonds is 5. The van der Waals surface area contributed by atoms with Gasteiger partial charge in [0.05, 0.1) is 47.8 Å². The monoisotopic (exact) mass is 556 g/mol. The molecule has 1 atom stereocenters. The molecular weight excluding hydrogens is 525 g/mol. The molecule has 0 bridgehead atoms. The van der Waals surface area contributed by atoms with Crippen molar-refractivity contribution in [2.75, 3.05) is 50.1 Å². The van der Waals surface area contributed by atoms with E-state index in [4.69, 9.17) is 14.7 Å². The minimum atomic E-state index is -4.64. The maximum atomic E-state index is 14.8. The molecule has 4 aromatic heterocycles. The van der Waals surface area contributed by atoms with Gasteiger partial charge in [-0.25, -0.2) is 14.5 Å². The smallest absolute Gasteiger partial charge is 0.377 e. The molecule has 2 fully saturated rings. The highest BCUT2D eigenvalue weighted by atomic mass is 19.4. The average molecular weight is 557 g/mol. The zero-order chi connectivity index (χ0) is 28.0. The van der Waals surface area contributed by atoms with E-state index in [1.807, 2.05) is 17.9 Å². The number of fused-ring (bicyclic) bond motifs is 1. The molecule has 212 valence electrons. The summed E-state index contributed by atoms with van der Waals surface area (Å²) < 4.78 is 52.9. The maximum Gasteiger partial charge on any atom is 0.433 e. The lowest BCUT2D eigenvalue weighted by Gasteiger charge is -2.34. The van der Waals surface area contributed by atoms with E-state index in [-0.39, 0.29) is 35.0 Å². The molecule has 14 heteroatoms. The molecule has 6 heterocycles. The Morgan fingerprint density at radius 2 is 1.95 bits per heavy atom. The Labute approximate surface area is 228 Å². The van der Waals surface area contributed by atoms with Crippen LogP contribution in [0.1, 0.15) is 37.2 Å². The van der Waals surface area contributed by atoms with E-state index in [1.54, 1.807) is 36.9 Å². The molecule has 2 aliphatic rings. The number of hydrogen-bond donors (Lipinski definition) is 2. The summed E-state index contributed by atoms with van der Waals surface area (Å²) in [6, 6.07) is 4.84. The minimum absolute atomic E-state index is 0.0324. The zero-order valence-electron chi connectivity index (χ0n) is 22.5. The molecule has 0 aliphatic carbocycles. The van der Waals surface area contributed by atoms with Crippen molar-refractivity contribution in [2.24, 2.45) is 0 Å². The number of morpholine rings is 1. The summed E-state index contributed by atoms with van der Waals surface area (Å²) in [4.78, 5) is 20.5. The van der Waals surface area contributed by atoms with Crippen LogP contribution < -0.4 is 15.5 Å². The number of anilines is 2. The van der Waals surface area contributed by atoms with Crippen molar-refractivity contribution in [3.05, 3.63) is 35.8 Å². The Kier molecular flexibility index (Phi) is 6.82. The van der Waals surface area contributed by atoms with Crippen LogP contribution in [0.15, 0.2) is 24.4 Å². The van der Waals surface area contributed by atoms with Crippen LogP contribution in [0.25, 0.3) is 28.4 Å².